The zero-order valence-electron chi connectivity index (χ0n) is 21.7. The molecule has 4 aromatic carbocycles. The van der Waals surface area contributed by atoms with Crippen molar-refractivity contribution in [3.8, 4) is 5.69 Å². The minimum absolute atomic E-state index is 0.269. The highest BCUT2D eigenvalue weighted by Crippen LogP contribution is 2.30. The Kier molecular flexibility index (Phi) is 8.93. The highest BCUT2D eigenvalue weighted by molar-refractivity contribution is 9.10. The van der Waals surface area contributed by atoms with Crippen molar-refractivity contribution in [2.24, 2.45) is 0 Å². The molecule has 1 atom stereocenters. The van der Waals surface area contributed by atoms with E-state index in [-0.39, 0.29) is 11.8 Å². The van der Waals surface area contributed by atoms with Crippen molar-refractivity contribution in [1.29, 1.82) is 0 Å². The molecule has 9 heteroatoms. The molecule has 40 heavy (non-hydrogen) atoms. The van der Waals surface area contributed by atoms with Crippen LogP contribution in [0, 0.1) is 12.7 Å². The van der Waals surface area contributed by atoms with Crippen LogP contribution < -0.4 is 10.6 Å². The van der Waals surface area contributed by atoms with E-state index in [1.54, 1.807) is 12.1 Å². The van der Waals surface area contributed by atoms with Crippen molar-refractivity contribution < 1.29 is 9.18 Å². The Morgan fingerprint density at radius 1 is 0.900 bits per heavy atom. The smallest absolute Gasteiger partial charge is 0.319 e. The molecule has 0 aliphatic heterocycles. The second-order valence-corrected chi connectivity index (χ2v) is 11.0. The quantitative estimate of drug-likeness (QED) is 0.165. The van der Waals surface area contributed by atoms with Crippen molar-refractivity contribution >= 4 is 39.4 Å². The monoisotopic (exact) mass is 615 g/mol. The number of aromatic nitrogens is 3. The number of nitrogens with zero attached hydrogens (tertiary/aromatic N) is 3. The first-order valence-electron chi connectivity index (χ1n) is 12.7. The molecule has 2 N–H and O–H groups in total. The topological polar surface area (TPSA) is 71.8 Å². The van der Waals surface area contributed by atoms with Crippen LogP contribution in [-0.4, -0.2) is 20.8 Å². The molecule has 6 nitrogen and oxygen atoms in total. The van der Waals surface area contributed by atoms with E-state index in [9.17, 15) is 9.18 Å². The van der Waals surface area contributed by atoms with Gasteiger partial charge in [-0.25, -0.2) is 9.18 Å². The van der Waals surface area contributed by atoms with E-state index in [1.807, 2.05) is 90.4 Å². The first kappa shape index (κ1) is 27.6. The molecular weight excluding hydrogens is 589 g/mol. The second-order valence-electron chi connectivity index (χ2n) is 9.25. The average molecular weight is 617 g/mol. The number of benzene rings is 4. The summed E-state index contributed by atoms with van der Waals surface area (Å²) in [5.74, 6) is 0.926. The number of hydrogen-bond donors (Lipinski definition) is 2. The fourth-order valence-electron chi connectivity index (χ4n) is 4.20. The number of aryl methyl sites for hydroxylation is 1. The zero-order valence-corrected chi connectivity index (χ0v) is 24.1. The van der Waals surface area contributed by atoms with Gasteiger partial charge in [0.2, 0.25) is 0 Å². The van der Waals surface area contributed by atoms with E-state index < -0.39 is 6.04 Å². The summed E-state index contributed by atoms with van der Waals surface area (Å²) >= 11 is 4.99. The molecule has 0 aliphatic rings. The molecule has 0 bridgehead atoms. The van der Waals surface area contributed by atoms with Gasteiger partial charge in [-0.15, -0.1) is 10.2 Å². The third kappa shape index (κ3) is 6.97. The molecule has 0 unspecified atom stereocenters. The molecular formula is C31H27BrFN5OS. The lowest BCUT2D eigenvalue weighted by Crippen LogP contribution is -2.35. The van der Waals surface area contributed by atoms with E-state index in [0.717, 1.165) is 26.9 Å². The maximum absolute atomic E-state index is 13.4. The molecule has 0 saturated carbocycles. The van der Waals surface area contributed by atoms with Crippen molar-refractivity contribution in [3.05, 3.63) is 136 Å². The van der Waals surface area contributed by atoms with Crippen LogP contribution in [0.25, 0.3) is 5.69 Å². The van der Waals surface area contributed by atoms with E-state index in [4.69, 9.17) is 0 Å². The van der Waals surface area contributed by atoms with Gasteiger partial charge in [0.15, 0.2) is 11.0 Å². The molecule has 5 aromatic rings. The number of anilines is 1. The zero-order chi connectivity index (χ0) is 27.9. The Hall–Kier alpha value is -3.95. The fraction of sp³-hybridized carbons (Fsp3) is 0.129. The summed E-state index contributed by atoms with van der Waals surface area (Å²) in [6.45, 7) is 2.03. The van der Waals surface area contributed by atoms with Crippen LogP contribution >= 0.6 is 27.7 Å². The number of nitrogens with one attached hydrogen (secondary N) is 2. The summed E-state index contributed by atoms with van der Waals surface area (Å²) in [7, 11) is 0. The van der Waals surface area contributed by atoms with Gasteiger partial charge in [0.05, 0.1) is 11.7 Å². The second kappa shape index (κ2) is 12.9. The third-order valence-corrected chi connectivity index (χ3v) is 7.95. The maximum atomic E-state index is 13.4. The van der Waals surface area contributed by atoms with E-state index in [2.05, 4.69) is 36.8 Å². The molecule has 0 saturated heterocycles. The third-order valence-electron chi connectivity index (χ3n) is 6.25. The van der Waals surface area contributed by atoms with Gasteiger partial charge in [-0.05, 0) is 70.4 Å². The Labute approximate surface area is 245 Å². The normalized spacial score (nSPS) is 11.7. The Bertz CT molecular complexity index is 1580. The van der Waals surface area contributed by atoms with Crippen molar-refractivity contribution in [2.45, 2.75) is 30.3 Å². The van der Waals surface area contributed by atoms with Crippen molar-refractivity contribution in [2.75, 3.05) is 5.32 Å². The van der Waals surface area contributed by atoms with Crippen LogP contribution in [0.3, 0.4) is 0 Å². The van der Waals surface area contributed by atoms with Gasteiger partial charge in [0.1, 0.15) is 5.82 Å². The van der Waals surface area contributed by atoms with E-state index >= 15 is 0 Å². The average Bonchev–Trinajstić information content (AvgIpc) is 3.38. The SMILES string of the molecule is Cc1ccc(-n2c(SCc3ccc(F)cc3)nnc2[C@H](Cc2ccccc2)NC(=O)Nc2ccccc2Br)cc1. The Balaban J connectivity index is 1.50. The summed E-state index contributed by atoms with van der Waals surface area (Å²) in [6.07, 6.45) is 0.511. The van der Waals surface area contributed by atoms with Gasteiger partial charge in [0.25, 0.3) is 0 Å². The summed E-state index contributed by atoms with van der Waals surface area (Å²) in [4.78, 5) is 13.2. The summed E-state index contributed by atoms with van der Waals surface area (Å²) in [5, 5.41) is 15.9. The first-order valence-corrected chi connectivity index (χ1v) is 14.5. The maximum Gasteiger partial charge on any atom is 0.319 e. The van der Waals surface area contributed by atoms with Crippen LogP contribution in [0.2, 0.25) is 0 Å². The minimum atomic E-state index is -0.487. The molecule has 5 rings (SSSR count). The predicted octanol–water partition coefficient (Wildman–Crippen LogP) is 7.88. The first-order chi connectivity index (χ1) is 19.5. The molecule has 0 fully saturated rings. The molecule has 1 heterocycles. The van der Waals surface area contributed by atoms with Crippen molar-refractivity contribution in [1.82, 2.24) is 20.1 Å². The predicted molar refractivity (Wildman–Crippen MR) is 161 cm³/mol. The lowest BCUT2D eigenvalue weighted by molar-refractivity contribution is 0.247. The Morgan fingerprint density at radius 3 is 2.33 bits per heavy atom. The molecule has 0 radical (unpaired) electrons. The van der Waals surface area contributed by atoms with Crippen LogP contribution in [-0.2, 0) is 12.2 Å². The fourth-order valence-corrected chi connectivity index (χ4v) is 5.50. The number of carbonyl (C=O) groups excluding carboxylic acids is 1. The number of para-hydroxylation sites is 1. The number of carbonyl (C=O) groups is 1. The molecule has 0 spiro atoms. The Morgan fingerprint density at radius 2 is 1.60 bits per heavy atom. The lowest BCUT2D eigenvalue weighted by Gasteiger charge is -2.21. The summed E-state index contributed by atoms with van der Waals surface area (Å²) in [6, 6.07) is 31.1. The molecule has 2 amide bonds. The van der Waals surface area contributed by atoms with Gasteiger partial charge in [-0.1, -0.05) is 84.1 Å². The standard InChI is InChI=1S/C31H27BrFN5OS/c1-21-11-17-25(18-12-21)38-29(36-37-31(38)40-20-23-13-15-24(33)16-14-23)28(19-22-7-3-2-4-8-22)35-30(39)34-27-10-6-5-9-26(27)32/h2-18,28H,19-20H2,1H3,(H2,34,35,39)/t28-/m0/s1. The lowest BCUT2D eigenvalue weighted by atomic mass is 10.1. The van der Waals surface area contributed by atoms with Crippen molar-refractivity contribution in [3.63, 3.8) is 0 Å². The van der Waals surface area contributed by atoms with E-state index in [1.165, 1.54) is 23.9 Å². The van der Waals surface area contributed by atoms with Gasteiger partial charge in [-0.3, -0.25) is 4.57 Å². The summed E-state index contributed by atoms with van der Waals surface area (Å²) < 4.78 is 16.2. The number of thioether (sulfide) groups is 1. The van der Waals surface area contributed by atoms with E-state index in [0.29, 0.717) is 28.8 Å². The van der Waals surface area contributed by atoms with Gasteiger partial charge >= 0.3 is 6.03 Å². The number of hydrogen-bond acceptors (Lipinski definition) is 4. The highest BCUT2D eigenvalue weighted by atomic mass is 79.9. The molecule has 1 aromatic heterocycles. The van der Waals surface area contributed by atoms with Crippen LogP contribution in [0.1, 0.15) is 28.6 Å². The number of amides is 2. The van der Waals surface area contributed by atoms with Crippen LogP contribution in [0.15, 0.2) is 113 Å². The van der Waals surface area contributed by atoms with Gasteiger partial charge in [0, 0.05) is 22.3 Å². The summed E-state index contributed by atoms with van der Waals surface area (Å²) in [5.41, 5.74) is 4.70. The van der Waals surface area contributed by atoms with Crippen LogP contribution in [0.5, 0.6) is 0 Å². The largest absolute Gasteiger partial charge is 0.327 e. The molecule has 0 aliphatic carbocycles. The van der Waals surface area contributed by atoms with Crippen LogP contribution in [0.4, 0.5) is 14.9 Å². The molecule has 202 valence electrons. The number of halogens is 2. The van der Waals surface area contributed by atoms with Gasteiger partial charge < -0.3 is 10.6 Å². The highest BCUT2D eigenvalue weighted by Gasteiger charge is 2.25. The van der Waals surface area contributed by atoms with Gasteiger partial charge in [-0.2, -0.15) is 0 Å². The number of urea groups is 1. The number of rotatable bonds is 9. The minimum Gasteiger partial charge on any atom is -0.327 e.